The molecule has 0 aliphatic rings. The van der Waals surface area contributed by atoms with E-state index < -0.39 is 0 Å². The van der Waals surface area contributed by atoms with E-state index in [0.717, 1.165) is 22.0 Å². The molecule has 6 heteroatoms. The standard InChI is InChI=1S/C24H21N3O3/c1-29-17-9-10-19(23(12-17)30-2)22-13-20(18-7-3-4-8-21(18)27-22)24(28)26-15-16-6-5-11-25-14-16/h3-14H,15H2,1-2H3,(H,26,28). The number of ether oxygens (including phenoxy) is 2. The van der Waals surface area contributed by atoms with E-state index in [9.17, 15) is 4.79 Å². The third-order valence-corrected chi connectivity index (χ3v) is 4.82. The first kappa shape index (κ1) is 19.4. The number of para-hydroxylation sites is 1. The minimum absolute atomic E-state index is 0.175. The molecule has 4 aromatic rings. The summed E-state index contributed by atoms with van der Waals surface area (Å²) in [5.41, 5.74) is 3.66. The first-order valence-electron chi connectivity index (χ1n) is 9.49. The Bertz CT molecular complexity index is 1190. The first-order valence-corrected chi connectivity index (χ1v) is 9.49. The zero-order valence-corrected chi connectivity index (χ0v) is 16.8. The highest BCUT2D eigenvalue weighted by Gasteiger charge is 2.16. The van der Waals surface area contributed by atoms with Crippen molar-refractivity contribution in [1.82, 2.24) is 15.3 Å². The number of hydrogen-bond acceptors (Lipinski definition) is 5. The number of nitrogens with zero attached hydrogens (tertiary/aromatic N) is 2. The normalized spacial score (nSPS) is 10.6. The molecule has 0 saturated carbocycles. The molecule has 1 N–H and O–H groups in total. The Kier molecular flexibility index (Phi) is 5.57. The van der Waals surface area contributed by atoms with Crippen molar-refractivity contribution >= 4 is 16.8 Å². The minimum Gasteiger partial charge on any atom is -0.497 e. The molecule has 2 heterocycles. The zero-order valence-electron chi connectivity index (χ0n) is 16.8. The fourth-order valence-electron chi connectivity index (χ4n) is 3.29. The molecule has 0 saturated heterocycles. The van der Waals surface area contributed by atoms with Gasteiger partial charge in [-0.05, 0) is 35.9 Å². The molecule has 0 fully saturated rings. The summed E-state index contributed by atoms with van der Waals surface area (Å²) < 4.78 is 10.8. The van der Waals surface area contributed by atoms with Gasteiger partial charge in [-0.25, -0.2) is 4.98 Å². The maximum Gasteiger partial charge on any atom is 0.252 e. The SMILES string of the molecule is COc1ccc(-c2cc(C(=O)NCc3cccnc3)c3ccccc3n2)c(OC)c1. The highest BCUT2D eigenvalue weighted by Crippen LogP contribution is 2.34. The van der Waals surface area contributed by atoms with Crippen molar-refractivity contribution in [3.8, 4) is 22.8 Å². The van der Waals surface area contributed by atoms with Crippen LogP contribution in [0.2, 0.25) is 0 Å². The van der Waals surface area contributed by atoms with Crippen molar-refractivity contribution in [1.29, 1.82) is 0 Å². The Morgan fingerprint density at radius 2 is 1.87 bits per heavy atom. The Hall–Kier alpha value is -3.93. The molecule has 2 aromatic carbocycles. The van der Waals surface area contributed by atoms with Crippen LogP contribution in [0.25, 0.3) is 22.2 Å². The third-order valence-electron chi connectivity index (χ3n) is 4.82. The molecule has 0 atom stereocenters. The van der Waals surface area contributed by atoms with Crippen LogP contribution in [0.1, 0.15) is 15.9 Å². The number of rotatable bonds is 6. The fourth-order valence-corrected chi connectivity index (χ4v) is 3.29. The first-order chi connectivity index (χ1) is 14.7. The molecule has 0 aliphatic carbocycles. The van der Waals surface area contributed by atoms with Crippen LogP contribution in [0, 0.1) is 0 Å². The topological polar surface area (TPSA) is 73.3 Å². The maximum absolute atomic E-state index is 13.1. The van der Waals surface area contributed by atoms with Gasteiger partial charge in [-0.1, -0.05) is 24.3 Å². The van der Waals surface area contributed by atoms with Crippen LogP contribution in [0.4, 0.5) is 0 Å². The lowest BCUT2D eigenvalue weighted by Crippen LogP contribution is -2.23. The van der Waals surface area contributed by atoms with Gasteiger partial charge in [0.05, 0.1) is 31.0 Å². The van der Waals surface area contributed by atoms with Crippen molar-refractivity contribution in [2.75, 3.05) is 14.2 Å². The molecule has 30 heavy (non-hydrogen) atoms. The second-order valence-electron chi connectivity index (χ2n) is 6.68. The smallest absolute Gasteiger partial charge is 0.252 e. The summed E-state index contributed by atoms with van der Waals surface area (Å²) in [4.78, 5) is 21.9. The summed E-state index contributed by atoms with van der Waals surface area (Å²) in [6.45, 7) is 0.393. The van der Waals surface area contributed by atoms with Gasteiger partial charge >= 0.3 is 0 Å². The van der Waals surface area contributed by atoms with E-state index in [1.165, 1.54) is 0 Å². The highest BCUT2D eigenvalue weighted by atomic mass is 16.5. The lowest BCUT2D eigenvalue weighted by atomic mass is 10.0. The largest absolute Gasteiger partial charge is 0.497 e. The molecule has 6 nitrogen and oxygen atoms in total. The van der Waals surface area contributed by atoms with E-state index in [-0.39, 0.29) is 5.91 Å². The van der Waals surface area contributed by atoms with Crippen LogP contribution in [0.15, 0.2) is 73.1 Å². The maximum atomic E-state index is 13.1. The summed E-state index contributed by atoms with van der Waals surface area (Å²) in [5.74, 6) is 1.14. The van der Waals surface area contributed by atoms with Gasteiger partial charge in [-0.3, -0.25) is 9.78 Å². The van der Waals surface area contributed by atoms with Gasteiger partial charge in [-0.15, -0.1) is 0 Å². The van der Waals surface area contributed by atoms with Crippen LogP contribution in [0.3, 0.4) is 0 Å². The van der Waals surface area contributed by atoms with Gasteiger partial charge in [0.2, 0.25) is 0 Å². The second kappa shape index (κ2) is 8.61. The van der Waals surface area contributed by atoms with E-state index >= 15 is 0 Å². The summed E-state index contributed by atoms with van der Waals surface area (Å²) in [6, 6.07) is 18.7. The number of hydrogen-bond donors (Lipinski definition) is 1. The van der Waals surface area contributed by atoms with E-state index in [1.807, 2.05) is 48.5 Å². The number of carbonyl (C=O) groups is 1. The average Bonchev–Trinajstić information content (AvgIpc) is 2.82. The third kappa shape index (κ3) is 3.93. The number of nitrogens with one attached hydrogen (secondary N) is 1. The van der Waals surface area contributed by atoms with Crippen LogP contribution in [0.5, 0.6) is 11.5 Å². The zero-order chi connectivity index (χ0) is 20.9. The molecular weight excluding hydrogens is 378 g/mol. The van der Waals surface area contributed by atoms with E-state index in [1.54, 1.807) is 38.7 Å². The van der Waals surface area contributed by atoms with Crippen molar-refractivity contribution in [2.24, 2.45) is 0 Å². The Labute approximate surface area is 174 Å². The number of fused-ring (bicyclic) bond motifs is 1. The molecule has 0 radical (unpaired) electrons. The van der Waals surface area contributed by atoms with Gasteiger partial charge in [0.15, 0.2) is 0 Å². The minimum atomic E-state index is -0.175. The number of pyridine rings is 2. The van der Waals surface area contributed by atoms with Gasteiger partial charge < -0.3 is 14.8 Å². The van der Waals surface area contributed by atoms with Crippen LogP contribution >= 0.6 is 0 Å². The molecule has 2 aromatic heterocycles. The number of methoxy groups -OCH3 is 2. The molecule has 150 valence electrons. The summed E-state index contributed by atoms with van der Waals surface area (Å²) in [6.07, 6.45) is 3.44. The van der Waals surface area contributed by atoms with Crippen molar-refractivity contribution in [3.05, 3.63) is 84.2 Å². The lowest BCUT2D eigenvalue weighted by Gasteiger charge is -2.13. The quantitative estimate of drug-likeness (QED) is 0.525. The van der Waals surface area contributed by atoms with Crippen molar-refractivity contribution < 1.29 is 14.3 Å². The Morgan fingerprint density at radius 1 is 1.00 bits per heavy atom. The number of benzene rings is 2. The summed E-state index contributed by atoms with van der Waals surface area (Å²) >= 11 is 0. The highest BCUT2D eigenvalue weighted by molar-refractivity contribution is 6.07. The van der Waals surface area contributed by atoms with Crippen LogP contribution in [-0.4, -0.2) is 30.1 Å². The molecule has 0 unspecified atom stereocenters. The molecular formula is C24H21N3O3. The Balaban J connectivity index is 1.76. The monoisotopic (exact) mass is 399 g/mol. The van der Waals surface area contributed by atoms with E-state index in [0.29, 0.717) is 29.3 Å². The molecule has 0 bridgehead atoms. The predicted molar refractivity (Wildman–Crippen MR) is 116 cm³/mol. The predicted octanol–water partition coefficient (Wildman–Crippen LogP) is 4.24. The van der Waals surface area contributed by atoms with Gasteiger partial charge in [0, 0.05) is 36.0 Å². The number of amides is 1. The van der Waals surface area contributed by atoms with Crippen molar-refractivity contribution in [3.63, 3.8) is 0 Å². The van der Waals surface area contributed by atoms with Gasteiger partial charge in [0.25, 0.3) is 5.91 Å². The molecule has 0 aliphatic heterocycles. The Morgan fingerprint density at radius 3 is 2.63 bits per heavy atom. The summed E-state index contributed by atoms with van der Waals surface area (Å²) in [5, 5.41) is 3.76. The fraction of sp³-hybridized carbons (Fsp3) is 0.125. The van der Waals surface area contributed by atoms with Crippen LogP contribution < -0.4 is 14.8 Å². The van der Waals surface area contributed by atoms with Gasteiger partial charge in [0.1, 0.15) is 11.5 Å². The average molecular weight is 399 g/mol. The van der Waals surface area contributed by atoms with E-state index in [4.69, 9.17) is 14.5 Å². The molecule has 1 amide bonds. The number of carbonyl (C=O) groups excluding carboxylic acids is 1. The van der Waals surface area contributed by atoms with Crippen molar-refractivity contribution in [2.45, 2.75) is 6.54 Å². The van der Waals surface area contributed by atoms with E-state index in [2.05, 4.69) is 10.3 Å². The number of aromatic nitrogens is 2. The van der Waals surface area contributed by atoms with Gasteiger partial charge in [-0.2, -0.15) is 0 Å². The molecule has 0 spiro atoms. The second-order valence-corrected chi connectivity index (χ2v) is 6.68. The van der Waals surface area contributed by atoms with Crippen LogP contribution in [-0.2, 0) is 6.54 Å². The lowest BCUT2D eigenvalue weighted by molar-refractivity contribution is 0.0952. The summed E-state index contributed by atoms with van der Waals surface area (Å²) in [7, 11) is 3.20. The molecule has 4 rings (SSSR count).